The molecular weight excluding hydrogens is 216 g/mol. The van der Waals surface area contributed by atoms with E-state index < -0.39 is 0 Å². The number of nitrogens with one attached hydrogen (secondary N) is 2. The molecule has 0 radical (unpaired) electrons. The summed E-state index contributed by atoms with van der Waals surface area (Å²) in [6.45, 7) is 5.52. The lowest BCUT2D eigenvalue weighted by Crippen LogP contribution is -2.38. The minimum Gasteiger partial charge on any atom is -0.394 e. The maximum atomic E-state index is 8.56. The Morgan fingerprint density at radius 1 is 1.35 bits per heavy atom. The van der Waals surface area contributed by atoms with Crippen molar-refractivity contribution in [3.8, 4) is 0 Å². The predicted molar refractivity (Wildman–Crippen MR) is 70.2 cm³/mol. The largest absolute Gasteiger partial charge is 0.394 e. The molecule has 1 fully saturated rings. The van der Waals surface area contributed by atoms with Crippen molar-refractivity contribution >= 4 is 0 Å². The van der Waals surface area contributed by atoms with Crippen molar-refractivity contribution in [3.63, 3.8) is 0 Å². The average Bonchev–Trinajstić information content (AvgIpc) is 2.57. The normalized spacial score (nSPS) is 23.3. The molecule has 1 heterocycles. The van der Waals surface area contributed by atoms with Crippen molar-refractivity contribution in [2.24, 2.45) is 0 Å². The summed E-state index contributed by atoms with van der Waals surface area (Å²) >= 11 is 0. The van der Waals surface area contributed by atoms with E-state index >= 15 is 0 Å². The van der Waals surface area contributed by atoms with Gasteiger partial charge in [-0.3, -0.25) is 0 Å². The van der Waals surface area contributed by atoms with Crippen LogP contribution in [0.5, 0.6) is 0 Å². The van der Waals surface area contributed by atoms with E-state index in [2.05, 4.69) is 17.6 Å². The SMILES string of the molecule is CC(CC1CCCCCN1)NCCOCCO. The highest BCUT2D eigenvalue weighted by atomic mass is 16.5. The van der Waals surface area contributed by atoms with Crippen LogP contribution in [0.3, 0.4) is 0 Å². The zero-order valence-corrected chi connectivity index (χ0v) is 11.1. The van der Waals surface area contributed by atoms with Gasteiger partial charge in [-0.1, -0.05) is 12.8 Å². The molecule has 0 aromatic carbocycles. The van der Waals surface area contributed by atoms with E-state index in [9.17, 15) is 0 Å². The minimum atomic E-state index is 0.113. The van der Waals surface area contributed by atoms with Crippen molar-refractivity contribution in [1.82, 2.24) is 10.6 Å². The van der Waals surface area contributed by atoms with Gasteiger partial charge in [0.05, 0.1) is 19.8 Å². The van der Waals surface area contributed by atoms with Gasteiger partial charge >= 0.3 is 0 Å². The molecule has 3 N–H and O–H groups in total. The Balaban J connectivity index is 2.00. The Hall–Kier alpha value is -0.160. The molecule has 1 saturated heterocycles. The van der Waals surface area contributed by atoms with Crippen molar-refractivity contribution in [2.75, 3.05) is 32.9 Å². The molecule has 2 atom stereocenters. The van der Waals surface area contributed by atoms with Crippen LogP contribution < -0.4 is 10.6 Å². The first-order valence-electron chi connectivity index (χ1n) is 6.98. The third-order valence-electron chi connectivity index (χ3n) is 3.28. The van der Waals surface area contributed by atoms with E-state index in [4.69, 9.17) is 9.84 Å². The molecule has 4 heteroatoms. The van der Waals surface area contributed by atoms with Crippen LogP contribution in [0.25, 0.3) is 0 Å². The maximum Gasteiger partial charge on any atom is 0.0698 e. The van der Waals surface area contributed by atoms with Crippen LogP contribution in [0.4, 0.5) is 0 Å². The lowest BCUT2D eigenvalue weighted by molar-refractivity contribution is 0.0925. The van der Waals surface area contributed by atoms with Crippen molar-refractivity contribution in [3.05, 3.63) is 0 Å². The number of aliphatic hydroxyl groups excluding tert-OH is 1. The Morgan fingerprint density at radius 2 is 2.24 bits per heavy atom. The molecule has 1 aliphatic heterocycles. The second kappa shape index (κ2) is 9.83. The fraction of sp³-hybridized carbons (Fsp3) is 1.00. The smallest absolute Gasteiger partial charge is 0.0698 e. The van der Waals surface area contributed by atoms with Gasteiger partial charge < -0.3 is 20.5 Å². The minimum absolute atomic E-state index is 0.113. The fourth-order valence-electron chi connectivity index (χ4n) is 2.36. The highest BCUT2D eigenvalue weighted by Crippen LogP contribution is 2.12. The maximum absolute atomic E-state index is 8.56. The summed E-state index contributed by atoms with van der Waals surface area (Å²) in [5.74, 6) is 0. The molecule has 2 unspecified atom stereocenters. The van der Waals surface area contributed by atoms with Crippen LogP contribution in [-0.4, -0.2) is 50.1 Å². The van der Waals surface area contributed by atoms with Gasteiger partial charge in [0.25, 0.3) is 0 Å². The van der Waals surface area contributed by atoms with Gasteiger partial charge in [0.2, 0.25) is 0 Å². The Bertz CT molecular complexity index is 171. The van der Waals surface area contributed by atoms with Crippen molar-refractivity contribution in [2.45, 2.75) is 51.1 Å². The summed E-state index contributed by atoms with van der Waals surface area (Å²) in [6, 6.07) is 1.21. The van der Waals surface area contributed by atoms with Crippen LogP contribution in [0.15, 0.2) is 0 Å². The molecule has 0 saturated carbocycles. The van der Waals surface area contributed by atoms with Crippen LogP contribution in [-0.2, 0) is 4.74 Å². The highest BCUT2D eigenvalue weighted by molar-refractivity contribution is 4.75. The summed E-state index contributed by atoms with van der Waals surface area (Å²) in [4.78, 5) is 0. The molecule has 1 aliphatic rings. The molecular formula is C13H28N2O2. The van der Waals surface area contributed by atoms with E-state index in [1.54, 1.807) is 0 Å². The van der Waals surface area contributed by atoms with Crippen molar-refractivity contribution in [1.29, 1.82) is 0 Å². The second-order valence-electron chi connectivity index (χ2n) is 4.93. The van der Waals surface area contributed by atoms with Crippen LogP contribution in [0.1, 0.15) is 39.0 Å². The lowest BCUT2D eigenvalue weighted by atomic mass is 10.0. The number of aliphatic hydroxyl groups is 1. The van der Waals surface area contributed by atoms with Gasteiger partial charge in [-0.05, 0) is 32.7 Å². The molecule has 102 valence electrons. The third kappa shape index (κ3) is 7.71. The second-order valence-corrected chi connectivity index (χ2v) is 4.93. The van der Waals surface area contributed by atoms with Gasteiger partial charge in [-0.25, -0.2) is 0 Å². The molecule has 0 aromatic heterocycles. The van der Waals surface area contributed by atoms with Crippen molar-refractivity contribution < 1.29 is 9.84 Å². The first-order chi connectivity index (χ1) is 8.33. The summed E-state index contributed by atoms with van der Waals surface area (Å²) in [7, 11) is 0. The van der Waals surface area contributed by atoms with Crippen LogP contribution >= 0.6 is 0 Å². The Kier molecular flexibility index (Phi) is 8.61. The summed E-state index contributed by atoms with van der Waals surface area (Å²) in [5, 5.41) is 15.6. The van der Waals surface area contributed by atoms with E-state index in [0.717, 1.165) is 6.54 Å². The lowest BCUT2D eigenvalue weighted by Gasteiger charge is -2.21. The molecule has 0 aliphatic carbocycles. The quantitative estimate of drug-likeness (QED) is 0.555. The first-order valence-corrected chi connectivity index (χ1v) is 6.98. The number of rotatable bonds is 8. The van der Waals surface area contributed by atoms with E-state index in [1.165, 1.54) is 38.6 Å². The molecule has 1 rings (SSSR count). The molecule has 4 nitrogen and oxygen atoms in total. The molecule has 0 spiro atoms. The van der Waals surface area contributed by atoms with Gasteiger partial charge in [0.1, 0.15) is 0 Å². The Morgan fingerprint density at radius 3 is 3.06 bits per heavy atom. The highest BCUT2D eigenvalue weighted by Gasteiger charge is 2.14. The van der Waals surface area contributed by atoms with Gasteiger partial charge in [0, 0.05) is 18.6 Å². The zero-order chi connectivity index (χ0) is 12.3. The Labute approximate surface area is 105 Å². The van der Waals surface area contributed by atoms with Gasteiger partial charge in [-0.2, -0.15) is 0 Å². The third-order valence-corrected chi connectivity index (χ3v) is 3.28. The summed E-state index contributed by atoms with van der Waals surface area (Å²) < 4.78 is 5.22. The zero-order valence-electron chi connectivity index (χ0n) is 11.1. The van der Waals surface area contributed by atoms with E-state index in [1.807, 2.05) is 0 Å². The van der Waals surface area contributed by atoms with Crippen LogP contribution in [0, 0.1) is 0 Å². The number of ether oxygens (including phenoxy) is 1. The van der Waals surface area contributed by atoms with Gasteiger partial charge in [-0.15, -0.1) is 0 Å². The predicted octanol–water partition coefficient (Wildman–Crippen LogP) is 0.896. The molecule has 0 aromatic rings. The number of hydrogen-bond acceptors (Lipinski definition) is 4. The topological polar surface area (TPSA) is 53.5 Å². The molecule has 17 heavy (non-hydrogen) atoms. The van der Waals surface area contributed by atoms with Gasteiger partial charge in [0.15, 0.2) is 0 Å². The molecule has 0 amide bonds. The fourth-order valence-corrected chi connectivity index (χ4v) is 2.36. The summed E-state index contributed by atoms with van der Waals surface area (Å²) in [6.07, 6.45) is 6.57. The average molecular weight is 244 g/mol. The van der Waals surface area contributed by atoms with Crippen LogP contribution in [0.2, 0.25) is 0 Å². The number of hydrogen-bond donors (Lipinski definition) is 3. The van der Waals surface area contributed by atoms with E-state index in [0.29, 0.717) is 25.3 Å². The first kappa shape index (κ1) is 14.9. The molecule has 0 bridgehead atoms. The monoisotopic (exact) mass is 244 g/mol. The van der Waals surface area contributed by atoms with E-state index in [-0.39, 0.29) is 6.61 Å². The standard InChI is InChI=1S/C13H28N2O2/c1-12(14-7-9-17-10-8-16)11-13-5-3-2-4-6-15-13/h12-16H,2-11H2,1H3. The summed E-state index contributed by atoms with van der Waals surface area (Å²) in [5.41, 5.74) is 0.